The van der Waals surface area contributed by atoms with Crippen molar-refractivity contribution in [2.24, 2.45) is 0 Å². The molecule has 0 amide bonds. The van der Waals surface area contributed by atoms with Gasteiger partial charge in [-0.1, -0.05) is 19.3 Å². The second-order valence-corrected chi connectivity index (χ2v) is 4.12. The van der Waals surface area contributed by atoms with E-state index in [1.54, 1.807) is 0 Å². The molecule has 5 N–H and O–H groups in total. The van der Waals surface area contributed by atoms with Gasteiger partial charge in [0.05, 0.1) is 6.10 Å². The average molecular weight is 238 g/mol. The Balaban J connectivity index is 1.77. The molecule has 94 valence electrons. The normalized spacial score (nSPS) is 16.9. The highest BCUT2D eigenvalue weighted by molar-refractivity contribution is 5.36. The van der Waals surface area contributed by atoms with Gasteiger partial charge in [0.15, 0.2) is 0 Å². The molecule has 1 heterocycles. The highest BCUT2D eigenvalue weighted by Crippen LogP contribution is 2.20. The first-order valence-electron chi connectivity index (χ1n) is 5.86. The third-order valence-electron chi connectivity index (χ3n) is 2.77. The van der Waals surface area contributed by atoms with Crippen molar-refractivity contribution in [3.8, 4) is 0 Å². The quantitative estimate of drug-likeness (QED) is 0.663. The Morgan fingerprint density at radius 2 is 1.71 bits per heavy atom. The first kappa shape index (κ1) is 11.8. The van der Waals surface area contributed by atoms with E-state index >= 15 is 0 Å². The third-order valence-corrected chi connectivity index (χ3v) is 2.77. The molecule has 0 bridgehead atoms. The highest BCUT2D eigenvalue weighted by Gasteiger charge is 2.13. The van der Waals surface area contributed by atoms with Gasteiger partial charge in [0.1, 0.15) is 6.73 Å². The van der Waals surface area contributed by atoms with Crippen LogP contribution in [-0.2, 0) is 4.74 Å². The van der Waals surface area contributed by atoms with Gasteiger partial charge in [0, 0.05) is 0 Å². The predicted molar refractivity (Wildman–Crippen MR) is 65.1 cm³/mol. The maximum atomic E-state index is 5.67. The molecule has 1 fully saturated rings. The summed E-state index contributed by atoms with van der Waals surface area (Å²) in [5.41, 5.74) is 10.9. The molecule has 1 aromatic rings. The van der Waals surface area contributed by atoms with Crippen LogP contribution >= 0.6 is 0 Å². The monoisotopic (exact) mass is 238 g/mol. The first-order valence-corrected chi connectivity index (χ1v) is 5.86. The number of anilines is 3. The molecule has 0 saturated heterocycles. The molecule has 1 aromatic heterocycles. The van der Waals surface area contributed by atoms with E-state index in [1.807, 2.05) is 0 Å². The molecule has 17 heavy (non-hydrogen) atoms. The summed E-state index contributed by atoms with van der Waals surface area (Å²) in [5, 5.41) is 2.93. The van der Waals surface area contributed by atoms with E-state index in [0.29, 0.717) is 18.8 Å². The van der Waals surface area contributed by atoms with Gasteiger partial charge in [-0.05, 0) is 12.8 Å². The molecule has 2 rings (SSSR count). The summed E-state index contributed by atoms with van der Waals surface area (Å²) in [4.78, 5) is 11.5. The summed E-state index contributed by atoms with van der Waals surface area (Å²) >= 11 is 0. The maximum absolute atomic E-state index is 5.67. The van der Waals surface area contributed by atoms with Gasteiger partial charge in [-0.2, -0.15) is 15.0 Å². The van der Waals surface area contributed by atoms with Crippen molar-refractivity contribution in [1.82, 2.24) is 15.0 Å². The van der Waals surface area contributed by atoms with Crippen LogP contribution in [0.3, 0.4) is 0 Å². The average Bonchev–Trinajstić information content (AvgIpc) is 2.29. The van der Waals surface area contributed by atoms with Crippen LogP contribution in [0.2, 0.25) is 0 Å². The predicted octanol–water partition coefficient (Wildman–Crippen LogP) is 0.755. The van der Waals surface area contributed by atoms with E-state index < -0.39 is 0 Å². The first-order chi connectivity index (χ1) is 8.24. The van der Waals surface area contributed by atoms with Crippen LogP contribution in [0, 0.1) is 0 Å². The minimum Gasteiger partial charge on any atom is -0.368 e. The van der Waals surface area contributed by atoms with E-state index in [4.69, 9.17) is 16.2 Å². The van der Waals surface area contributed by atoms with Crippen LogP contribution in [0.4, 0.5) is 17.8 Å². The minimum absolute atomic E-state index is 0.109. The van der Waals surface area contributed by atoms with Crippen molar-refractivity contribution < 1.29 is 4.74 Å². The van der Waals surface area contributed by atoms with Crippen LogP contribution in [0.15, 0.2) is 0 Å². The van der Waals surface area contributed by atoms with Crippen LogP contribution < -0.4 is 16.8 Å². The Morgan fingerprint density at radius 1 is 1.06 bits per heavy atom. The molecule has 0 unspecified atom stereocenters. The van der Waals surface area contributed by atoms with E-state index in [1.165, 1.54) is 19.3 Å². The minimum atomic E-state index is 0.109. The summed E-state index contributed by atoms with van der Waals surface area (Å²) in [6.45, 7) is 0.369. The fourth-order valence-electron chi connectivity index (χ4n) is 1.94. The van der Waals surface area contributed by atoms with Gasteiger partial charge >= 0.3 is 0 Å². The van der Waals surface area contributed by atoms with Gasteiger partial charge < -0.3 is 21.5 Å². The lowest BCUT2D eigenvalue weighted by molar-refractivity contribution is 0.0397. The number of nitrogens with two attached hydrogens (primary N) is 2. The number of ether oxygens (including phenoxy) is 1. The molecule has 7 nitrogen and oxygen atoms in total. The smallest absolute Gasteiger partial charge is 0.231 e. The number of hydrogen-bond acceptors (Lipinski definition) is 7. The summed E-state index contributed by atoms with van der Waals surface area (Å²) in [5.74, 6) is 0.571. The Hall–Kier alpha value is -1.63. The number of nitrogens with zero attached hydrogens (tertiary/aromatic N) is 3. The zero-order chi connectivity index (χ0) is 12.1. The molecular weight excluding hydrogens is 220 g/mol. The summed E-state index contributed by atoms with van der Waals surface area (Å²) in [6.07, 6.45) is 6.40. The SMILES string of the molecule is Nc1nc(N)nc(NCOC2CCCCC2)n1. The molecule has 1 aliphatic carbocycles. The molecule has 7 heteroatoms. The van der Waals surface area contributed by atoms with Gasteiger partial charge in [-0.3, -0.25) is 0 Å². The van der Waals surface area contributed by atoms with Crippen LogP contribution in [0.1, 0.15) is 32.1 Å². The molecule has 0 spiro atoms. The van der Waals surface area contributed by atoms with Crippen molar-refractivity contribution >= 4 is 17.8 Å². The van der Waals surface area contributed by atoms with Gasteiger partial charge in [0.25, 0.3) is 0 Å². The van der Waals surface area contributed by atoms with Crippen LogP contribution in [0.25, 0.3) is 0 Å². The standard InChI is InChI=1S/C10H18N6O/c11-8-14-9(12)16-10(15-8)13-6-17-7-4-2-1-3-5-7/h7H,1-6H2,(H5,11,12,13,14,15,16). The number of hydrogen-bond donors (Lipinski definition) is 3. The van der Waals surface area contributed by atoms with Crippen molar-refractivity contribution in [2.75, 3.05) is 23.5 Å². The third kappa shape index (κ3) is 3.70. The van der Waals surface area contributed by atoms with Crippen molar-refractivity contribution in [3.05, 3.63) is 0 Å². The largest absolute Gasteiger partial charge is 0.368 e. The molecule has 1 aliphatic rings. The number of rotatable bonds is 4. The lowest BCUT2D eigenvalue weighted by Gasteiger charge is -2.21. The molecule has 0 aliphatic heterocycles. The van der Waals surface area contributed by atoms with Crippen LogP contribution in [-0.4, -0.2) is 27.8 Å². The number of aromatic nitrogens is 3. The van der Waals surface area contributed by atoms with E-state index in [9.17, 15) is 0 Å². The summed E-state index contributed by atoms with van der Waals surface area (Å²) in [7, 11) is 0. The number of nitrogen functional groups attached to an aromatic ring is 2. The zero-order valence-corrected chi connectivity index (χ0v) is 9.72. The van der Waals surface area contributed by atoms with Crippen molar-refractivity contribution in [2.45, 2.75) is 38.2 Å². The van der Waals surface area contributed by atoms with Crippen molar-refractivity contribution in [1.29, 1.82) is 0 Å². The molecular formula is C10H18N6O. The second-order valence-electron chi connectivity index (χ2n) is 4.12. The molecule has 1 saturated carbocycles. The lowest BCUT2D eigenvalue weighted by atomic mass is 9.98. The van der Waals surface area contributed by atoms with Crippen molar-refractivity contribution in [3.63, 3.8) is 0 Å². The van der Waals surface area contributed by atoms with Gasteiger partial charge in [-0.15, -0.1) is 0 Å². The second kappa shape index (κ2) is 5.62. The Kier molecular flexibility index (Phi) is 3.92. The maximum Gasteiger partial charge on any atom is 0.231 e. The Labute approximate surface area is 100.0 Å². The Morgan fingerprint density at radius 3 is 2.35 bits per heavy atom. The molecule has 0 atom stereocenters. The molecule has 0 radical (unpaired) electrons. The number of nitrogens with one attached hydrogen (secondary N) is 1. The van der Waals surface area contributed by atoms with Gasteiger partial charge in [-0.25, -0.2) is 0 Å². The molecule has 0 aromatic carbocycles. The Bertz CT molecular complexity index is 346. The van der Waals surface area contributed by atoms with E-state index in [0.717, 1.165) is 12.8 Å². The fourth-order valence-corrected chi connectivity index (χ4v) is 1.94. The zero-order valence-electron chi connectivity index (χ0n) is 9.72. The van der Waals surface area contributed by atoms with Crippen LogP contribution in [0.5, 0.6) is 0 Å². The lowest BCUT2D eigenvalue weighted by Crippen LogP contribution is -2.21. The fraction of sp³-hybridized carbons (Fsp3) is 0.700. The summed E-state index contributed by atoms with van der Waals surface area (Å²) < 4.78 is 5.67. The van der Waals surface area contributed by atoms with E-state index in [2.05, 4.69) is 20.3 Å². The van der Waals surface area contributed by atoms with E-state index in [-0.39, 0.29) is 11.9 Å². The topological polar surface area (TPSA) is 112 Å². The highest BCUT2D eigenvalue weighted by atomic mass is 16.5. The summed E-state index contributed by atoms with van der Waals surface area (Å²) in [6, 6.07) is 0. The van der Waals surface area contributed by atoms with Gasteiger partial charge in [0.2, 0.25) is 17.8 Å².